The summed E-state index contributed by atoms with van der Waals surface area (Å²) in [5.74, 6) is -1.28. The van der Waals surface area contributed by atoms with Gasteiger partial charge in [-0.1, -0.05) is 29.8 Å². The number of imide groups is 1. The van der Waals surface area contributed by atoms with Crippen molar-refractivity contribution in [1.82, 2.24) is 14.9 Å². The Bertz CT molecular complexity index is 1550. The second-order valence-electron chi connectivity index (χ2n) is 7.60. The zero-order valence-electron chi connectivity index (χ0n) is 17.8. The van der Waals surface area contributed by atoms with Crippen LogP contribution in [0.15, 0.2) is 67.1 Å². The zero-order chi connectivity index (χ0) is 24.0. The van der Waals surface area contributed by atoms with Gasteiger partial charge in [-0.05, 0) is 30.3 Å². The summed E-state index contributed by atoms with van der Waals surface area (Å²) in [5.41, 5.74) is 8.28. The number of carbonyl (C=O) groups excluding carboxylic acids is 3. The Morgan fingerprint density at radius 3 is 2.50 bits per heavy atom. The first-order valence-electron chi connectivity index (χ1n) is 10.2. The molecule has 0 saturated heterocycles. The largest absolute Gasteiger partial charge is 0.496 e. The van der Waals surface area contributed by atoms with Crippen LogP contribution >= 0.6 is 11.6 Å². The van der Waals surface area contributed by atoms with Gasteiger partial charge in [0, 0.05) is 33.9 Å². The summed E-state index contributed by atoms with van der Waals surface area (Å²) in [5, 5.41) is 3.51. The Morgan fingerprint density at radius 2 is 1.76 bits per heavy atom. The third kappa shape index (κ3) is 3.41. The van der Waals surface area contributed by atoms with Gasteiger partial charge in [0.15, 0.2) is 0 Å². The summed E-state index contributed by atoms with van der Waals surface area (Å²) in [6.07, 6.45) is 4.70. The van der Waals surface area contributed by atoms with Crippen molar-refractivity contribution >= 4 is 51.4 Å². The first-order valence-corrected chi connectivity index (χ1v) is 10.6. The molecule has 0 atom stereocenters. The van der Waals surface area contributed by atoms with Gasteiger partial charge in [0.2, 0.25) is 5.91 Å². The molecular weight excluding hydrogens is 456 g/mol. The van der Waals surface area contributed by atoms with Gasteiger partial charge < -0.3 is 15.0 Å². The van der Waals surface area contributed by atoms with E-state index in [2.05, 4.69) is 10.3 Å². The first-order chi connectivity index (χ1) is 16.4. The third-order valence-corrected chi connectivity index (χ3v) is 5.86. The van der Waals surface area contributed by atoms with Gasteiger partial charge in [-0.3, -0.25) is 24.7 Å². The molecule has 3 heterocycles. The lowest BCUT2D eigenvalue weighted by atomic mass is 9.95. The fraction of sp³-hybridized carbons (Fsp3) is 0.0400. The Morgan fingerprint density at radius 1 is 1.03 bits per heavy atom. The number of pyridine rings is 1. The first kappa shape index (κ1) is 21.4. The number of para-hydroxylation sites is 1. The molecule has 0 radical (unpaired) electrons. The second-order valence-corrected chi connectivity index (χ2v) is 8.04. The van der Waals surface area contributed by atoms with Crippen LogP contribution in [0, 0.1) is 0 Å². The molecule has 2 aromatic carbocycles. The maximum Gasteiger partial charge on any atom is 0.259 e. The van der Waals surface area contributed by atoms with Gasteiger partial charge in [-0.25, -0.2) is 0 Å². The van der Waals surface area contributed by atoms with Crippen molar-refractivity contribution in [2.24, 2.45) is 5.73 Å². The molecule has 3 amide bonds. The monoisotopic (exact) mass is 472 g/mol. The average molecular weight is 473 g/mol. The maximum atomic E-state index is 13.0. The van der Waals surface area contributed by atoms with Crippen LogP contribution in [0.2, 0.25) is 5.02 Å². The quantitative estimate of drug-likeness (QED) is 0.432. The summed E-state index contributed by atoms with van der Waals surface area (Å²) in [6, 6.07) is 13.9. The zero-order valence-corrected chi connectivity index (χ0v) is 18.6. The van der Waals surface area contributed by atoms with Crippen LogP contribution in [-0.2, 0) is 9.59 Å². The van der Waals surface area contributed by atoms with Crippen molar-refractivity contribution in [2.75, 3.05) is 7.11 Å². The maximum absolute atomic E-state index is 13.0. The fourth-order valence-corrected chi connectivity index (χ4v) is 4.30. The molecule has 5 rings (SSSR count). The number of primary amides is 1. The number of amides is 3. The minimum atomic E-state index is -0.607. The minimum absolute atomic E-state index is 0.163. The Hall–Kier alpha value is -4.43. The topological polar surface area (TPSA) is 116 Å². The number of hydrogen-bond acceptors (Lipinski definition) is 5. The normalized spacial score (nSPS) is 13.5. The number of nitrogens with zero attached hydrogens (tertiary/aromatic N) is 2. The lowest BCUT2D eigenvalue weighted by molar-refractivity contribution is -0.122. The lowest BCUT2D eigenvalue weighted by Crippen LogP contribution is -2.22. The Labute approximate surface area is 198 Å². The van der Waals surface area contributed by atoms with Crippen molar-refractivity contribution in [3.05, 3.63) is 88.8 Å². The molecule has 0 spiro atoms. The highest BCUT2D eigenvalue weighted by atomic mass is 35.5. The molecule has 168 valence electrons. The highest BCUT2D eigenvalue weighted by molar-refractivity contribution is 6.50. The number of hydrogen-bond donors (Lipinski definition) is 2. The number of fused-ring (bicyclic) bond motifs is 1. The molecule has 0 unspecified atom stereocenters. The van der Waals surface area contributed by atoms with Crippen LogP contribution in [0.4, 0.5) is 0 Å². The molecule has 8 nitrogen and oxygen atoms in total. The molecular formula is C25H17ClN4O4. The molecule has 0 bridgehead atoms. The van der Waals surface area contributed by atoms with Crippen molar-refractivity contribution < 1.29 is 19.1 Å². The minimum Gasteiger partial charge on any atom is -0.496 e. The van der Waals surface area contributed by atoms with E-state index < -0.39 is 17.7 Å². The smallest absolute Gasteiger partial charge is 0.259 e. The molecule has 1 aliphatic heterocycles. The molecule has 0 saturated carbocycles. The van der Waals surface area contributed by atoms with Crippen LogP contribution in [0.25, 0.3) is 27.7 Å². The van der Waals surface area contributed by atoms with Crippen LogP contribution in [0.5, 0.6) is 5.75 Å². The molecule has 3 N–H and O–H groups in total. The number of methoxy groups -OCH3 is 1. The number of nitrogens with one attached hydrogen (secondary N) is 1. The molecule has 0 aliphatic carbocycles. The molecule has 4 aromatic rings. The van der Waals surface area contributed by atoms with Gasteiger partial charge >= 0.3 is 0 Å². The van der Waals surface area contributed by atoms with E-state index in [1.54, 1.807) is 41.2 Å². The summed E-state index contributed by atoms with van der Waals surface area (Å²) in [7, 11) is 1.48. The molecule has 9 heteroatoms. The highest BCUT2D eigenvalue weighted by Gasteiger charge is 2.35. The SMILES string of the molecule is COc1ccc(Cl)cc1C1=C(c2cn(-c3cncc(C(N)=O)c3)c3ccccc23)C(=O)NC1=O. The van der Waals surface area contributed by atoms with Crippen LogP contribution < -0.4 is 15.8 Å². The van der Waals surface area contributed by atoms with E-state index in [9.17, 15) is 14.4 Å². The predicted octanol–water partition coefficient (Wildman–Crippen LogP) is 3.35. The fourth-order valence-electron chi connectivity index (χ4n) is 4.13. The summed E-state index contributed by atoms with van der Waals surface area (Å²) >= 11 is 6.21. The number of carbonyl (C=O) groups is 3. The average Bonchev–Trinajstić information content (AvgIpc) is 3.35. The number of rotatable bonds is 5. The Kier molecular flexibility index (Phi) is 5.14. The van der Waals surface area contributed by atoms with E-state index in [0.29, 0.717) is 27.6 Å². The van der Waals surface area contributed by atoms with E-state index in [1.807, 2.05) is 24.3 Å². The molecule has 0 fully saturated rings. The van der Waals surface area contributed by atoms with E-state index in [-0.39, 0.29) is 16.7 Å². The van der Waals surface area contributed by atoms with Gasteiger partial charge in [-0.2, -0.15) is 0 Å². The van der Waals surface area contributed by atoms with Gasteiger partial charge in [-0.15, -0.1) is 0 Å². The van der Waals surface area contributed by atoms with Crippen molar-refractivity contribution in [3.63, 3.8) is 0 Å². The van der Waals surface area contributed by atoms with Crippen LogP contribution in [-0.4, -0.2) is 34.4 Å². The molecule has 2 aromatic heterocycles. The van der Waals surface area contributed by atoms with E-state index >= 15 is 0 Å². The lowest BCUT2D eigenvalue weighted by Gasteiger charge is -2.10. The van der Waals surface area contributed by atoms with Gasteiger partial charge in [0.1, 0.15) is 5.75 Å². The molecule has 1 aliphatic rings. The predicted molar refractivity (Wildman–Crippen MR) is 128 cm³/mol. The highest BCUT2D eigenvalue weighted by Crippen LogP contribution is 2.40. The van der Waals surface area contributed by atoms with Crippen LogP contribution in [0.3, 0.4) is 0 Å². The summed E-state index contributed by atoms with van der Waals surface area (Å²) in [6.45, 7) is 0. The van der Waals surface area contributed by atoms with Crippen molar-refractivity contribution in [2.45, 2.75) is 0 Å². The number of benzene rings is 2. The van der Waals surface area contributed by atoms with Crippen LogP contribution in [0.1, 0.15) is 21.5 Å². The summed E-state index contributed by atoms with van der Waals surface area (Å²) < 4.78 is 7.23. The second kappa shape index (κ2) is 8.17. The van der Waals surface area contributed by atoms with E-state index in [4.69, 9.17) is 22.1 Å². The van der Waals surface area contributed by atoms with E-state index in [1.165, 1.54) is 13.3 Å². The van der Waals surface area contributed by atoms with Crippen molar-refractivity contribution in [3.8, 4) is 11.4 Å². The van der Waals surface area contributed by atoms with E-state index in [0.717, 1.165) is 10.9 Å². The molecule has 34 heavy (non-hydrogen) atoms. The third-order valence-electron chi connectivity index (χ3n) is 5.63. The number of halogens is 1. The number of nitrogens with two attached hydrogens (primary N) is 1. The van der Waals surface area contributed by atoms with Crippen molar-refractivity contribution in [1.29, 1.82) is 0 Å². The van der Waals surface area contributed by atoms with Gasteiger partial charge in [0.05, 0.1) is 41.2 Å². The summed E-state index contributed by atoms with van der Waals surface area (Å²) in [4.78, 5) is 41.8. The number of aromatic nitrogens is 2. The Balaban J connectivity index is 1.82. The van der Waals surface area contributed by atoms with Gasteiger partial charge in [0.25, 0.3) is 11.8 Å². The number of ether oxygens (including phenoxy) is 1. The standard InChI is InChI=1S/C25H17ClN4O4/c1-34-20-7-6-14(26)9-17(20)21-22(25(33)29-24(21)32)18-12-30(19-5-3-2-4-16(18)19)15-8-13(23(27)31)10-28-11-15/h2-12H,1H3,(H2,27,31)(H,29,32,33).